The molecule has 0 spiro atoms. The monoisotopic (exact) mass is 414 g/mol. The average molecular weight is 415 g/mol. The molecular formula is C19H23BrN6. The number of rotatable bonds is 4. The Bertz CT molecular complexity index is 838. The van der Waals surface area contributed by atoms with Crippen LogP contribution in [0, 0.1) is 0 Å². The van der Waals surface area contributed by atoms with Crippen LogP contribution in [0.4, 0.5) is 5.82 Å². The predicted octanol–water partition coefficient (Wildman–Crippen LogP) is 3.01. The lowest BCUT2D eigenvalue weighted by Crippen LogP contribution is -2.52. The van der Waals surface area contributed by atoms with Crippen molar-refractivity contribution in [3.63, 3.8) is 0 Å². The van der Waals surface area contributed by atoms with Gasteiger partial charge in [0.15, 0.2) is 0 Å². The molecule has 1 aromatic carbocycles. The molecule has 7 heteroatoms. The van der Waals surface area contributed by atoms with Crippen molar-refractivity contribution in [2.45, 2.75) is 19.1 Å². The minimum absolute atomic E-state index is 0. The Morgan fingerprint density at radius 2 is 1.88 bits per heavy atom. The molecule has 2 aromatic heterocycles. The van der Waals surface area contributed by atoms with E-state index in [0.29, 0.717) is 0 Å². The van der Waals surface area contributed by atoms with Gasteiger partial charge in [-0.05, 0) is 24.4 Å². The van der Waals surface area contributed by atoms with Crippen LogP contribution in [0.3, 0.4) is 0 Å². The molecule has 1 fully saturated rings. The van der Waals surface area contributed by atoms with Crippen LogP contribution in [0.1, 0.15) is 18.8 Å². The highest BCUT2D eigenvalue weighted by Gasteiger charge is 2.29. The van der Waals surface area contributed by atoms with Gasteiger partial charge in [0.05, 0.1) is 12.2 Å². The maximum absolute atomic E-state index is 4.55. The van der Waals surface area contributed by atoms with Gasteiger partial charge in [0.25, 0.3) is 0 Å². The standard InChI is InChI=1S/C19H22N6.BrH/c1-14(24-18-16-6-3-2-5-15(16)7-10-23-18)25-12-11-20-13-17(25)19-21-8-4-9-22-19;/h2-10,14,17,20H,11-13H2,1H3,(H,23,24);1H. The van der Waals surface area contributed by atoms with E-state index in [1.807, 2.05) is 24.4 Å². The third-order valence-corrected chi connectivity index (χ3v) is 4.69. The Balaban J connectivity index is 0.00000196. The SMILES string of the molecule is Br.CC(Nc1nccc2ccccc12)N1CCNCC1c1ncccn1. The van der Waals surface area contributed by atoms with E-state index in [0.717, 1.165) is 36.7 Å². The third-order valence-electron chi connectivity index (χ3n) is 4.69. The third kappa shape index (κ3) is 3.85. The van der Waals surface area contributed by atoms with Crippen molar-refractivity contribution in [2.75, 3.05) is 25.0 Å². The van der Waals surface area contributed by atoms with Crippen LogP contribution in [0.15, 0.2) is 55.0 Å². The van der Waals surface area contributed by atoms with Crippen LogP contribution in [-0.2, 0) is 0 Å². The first-order valence-corrected chi connectivity index (χ1v) is 8.66. The first kappa shape index (κ1) is 18.7. The molecular weight excluding hydrogens is 392 g/mol. The number of anilines is 1. The molecule has 2 N–H and O–H groups in total. The number of nitrogens with zero attached hydrogens (tertiary/aromatic N) is 4. The summed E-state index contributed by atoms with van der Waals surface area (Å²) in [6.07, 6.45) is 5.58. The van der Waals surface area contributed by atoms with Crippen molar-refractivity contribution in [3.8, 4) is 0 Å². The Kier molecular flexibility index (Phi) is 6.13. The first-order valence-electron chi connectivity index (χ1n) is 8.66. The molecule has 136 valence electrons. The second-order valence-corrected chi connectivity index (χ2v) is 6.27. The zero-order chi connectivity index (χ0) is 17.1. The van der Waals surface area contributed by atoms with E-state index in [2.05, 4.69) is 55.6 Å². The largest absolute Gasteiger partial charge is 0.354 e. The van der Waals surface area contributed by atoms with Gasteiger partial charge in [-0.2, -0.15) is 0 Å². The highest BCUT2D eigenvalue weighted by Crippen LogP contribution is 2.25. The van der Waals surface area contributed by atoms with Gasteiger partial charge in [0.2, 0.25) is 0 Å². The summed E-state index contributed by atoms with van der Waals surface area (Å²) in [4.78, 5) is 15.9. The topological polar surface area (TPSA) is 66.0 Å². The van der Waals surface area contributed by atoms with Gasteiger partial charge in [-0.1, -0.05) is 24.3 Å². The van der Waals surface area contributed by atoms with Crippen molar-refractivity contribution in [1.82, 2.24) is 25.2 Å². The van der Waals surface area contributed by atoms with Crippen LogP contribution in [0.25, 0.3) is 10.8 Å². The molecule has 26 heavy (non-hydrogen) atoms. The Morgan fingerprint density at radius 3 is 2.73 bits per heavy atom. The van der Waals surface area contributed by atoms with Crippen LogP contribution in [-0.4, -0.2) is 45.7 Å². The number of aromatic nitrogens is 3. The number of benzene rings is 1. The maximum atomic E-state index is 4.55. The van der Waals surface area contributed by atoms with E-state index in [1.54, 1.807) is 12.4 Å². The molecule has 3 aromatic rings. The lowest BCUT2D eigenvalue weighted by molar-refractivity contribution is 0.122. The summed E-state index contributed by atoms with van der Waals surface area (Å²) in [6.45, 7) is 4.91. The van der Waals surface area contributed by atoms with E-state index in [1.165, 1.54) is 5.39 Å². The van der Waals surface area contributed by atoms with E-state index >= 15 is 0 Å². The van der Waals surface area contributed by atoms with Gasteiger partial charge >= 0.3 is 0 Å². The second-order valence-electron chi connectivity index (χ2n) is 6.27. The number of piperazine rings is 1. The van der Waals surface area contributed by atoms with E-state index in [4.69, 9.17) is 0 Å². The molecule has 0 radical (unpaired) electrons. The number of hydrogen-bond donors (Lipinski definition) is 2. The summed E-state index contributed by atoms with van der Waals surface area (Å²) in [5.41, 5.74) is 0. The van der Waals surface area contributed by atoms with Crippen molar-refractivity contribution < 1.29 is 0 Å². The minimum Gasteiger partial charge on any atom is -0.354 e. The molecule has 4 rings (SSSR count). The first-order chi connectivity index (χ1) is 12.3. The molecule has 0 amide bonds. The summed E-state index contributed by atoms with van der Waals surface area (Å²) in [7, 11) is 0. The highest BCUT2D eigenvalue weighted by molar-refractivity contribution is 8.93. The predicted molar refractivity (Wildman–Crippen MR) is 109 cm³/mol. The fourth-order valence-electron chi connectivity index (χ4n) is 3.42. The normalized spacial score (nSPS) is 18.9. The van der Waals surface area contributed by atoms with Crippen molar-refractivity contribution in [1.29, 1.82) is 0 Å². The summed E-state index contributed by atoms with van der Waals surface area (Å²) in [6, 6.07) is 12.3. The molecule has 6 nitrogen and oxygen atoms in total. The van der Waals surface area contributed by atoms with Gasteiger partial charge in [0.1, 0.15) is 11.6 Å². The number of pyridine rings is 1. The van der Waals surface area contributed by atoms with E-state index < -0.39 is 0 Å². The van der Waals surface area contributed by atoms with Gasteiger partial charge in [-0.15, -0.1) is 17.0 Å². The lowest BCUT2D eigenvalue weighted by Gasteiger charge is -2.39. The molecule has 1 saturated heterocycles. The summed E-state index contributed by atoms with van der Waals surface area (Å²) < 4.78 is 0. The maximum Gasteiger partial charge on any atom is 0.146 e. The average Bonchev–Trinajstić information content (AvgIpc) is 2.69. The Hall–Kier alpha value is -2.09. The van der Waals surface area contributed by atoms with Gasteiger partial charge in [-0.25, -0.2) is 15.0 Å². The zero-order valence-corrected chi connectivity index (χ0v) is 16.4. The van der Waals surface area contributed by atoms with Gasteiger partial charge in [-0.3, -0.25) is 4.90 Å². The minimum atomic E-state index is 0. The van der Waals surface area contributed by atoms with Crippen molar-refractivity contribution in [3.05, 3.63) is 60.8 Å². The highest BCUT2D eigenvalue weighted by atomic mass is 79.9. The fourth-order valence-corrected chi connectivity index (χ4v) is 3.42. The van der Waals surface area contributed by atoms with Crippen molar-refractivity contribution in [2.24, 2.45) is 0 Å². The number of nitrogens with one attached hydrogen (secondary N) is 2. The van der Waals surface area contributed by atoms with E-state index in [9.17, 15) is 0 Å². The number of halogens is 1. The molecule has 1 aliphatic rings. The Labute approximate surface area is 163 Å². The van der Waals surface area contributed by atoms with Crippen LogP contribution >= 0.6 is 17.0 Å². The van der Waals surface area contributed by atoms with E-state index in [-0.39, 0.29) is 29.2 Å². The van der Waals surface area contributed by atoms with Crippen LogP contribution < -0.4 is 10.6 Å². The molecule has 1 aliphatic heterocycles. The summed E-state index contributed by atoms with van der Waals surface area (Å²) in [5.74, 6) is 1.77. The summed E-state index contributed by atoms with van der Waals surface area (Å²) >= 11 is 0. The summed E-state index contributed by atoms with van der Waals surface area (Å²) in [5, 5.41) is 9.36. The number of fused-ring (bicyclic) bond motifs is 1. The smallest absolute Gasteiger partial charge is 0.146 e. The lowest BCUT2D eigenvalue weighted by atomic mass is 10.1. The molecule has 2 unspecified atom stereocenters. The van der Waals surface area contributed by atoms with Crippen LogP contribution in [0.5, 0.6) is 0 Å². The van der Waals surface area contributed by atoms with Gasteiger partial charge in [0, 0.05) is 43.6 Å². The molecule has 0 aliphatic carbocycles. The second kappa shape index (κ2) is 8.53. The molecule has 0 saturated carbocycles. The number of hydrogen-bond acceptors (Lipinski definition) is 6. The molecule has 2 atom stereocenters. The van der Waals surface area contributed by atoms with Crippen molar-refractivity contribution >= 4 is 33.6 Å². The van der Waals surface area contributed by atoms with Gasteiger partial charge < -0.3 is 10.6 Å². The molecule has 0 bridgehead atoms. The quantitative estimate of drug-likeness (QED) is 0.683. The Morgan fingerprint density at radius 1 is 1.08 bits per heavy atom. The zero-order valence-electron chi connectivity index (χ0n) is 14.7. The van der Waals surface area contributed by atoms with Crippen LogP contribution in [0.2, 0.25) is 0 Å². The fraction of sp³-hybridized carbons (Fsp3) is 0.316. The molecule has 3 heterocycles.